The van der Waals surface area contributed by atoms with Crippen molar-refractivity contribution < 1.29 is 9.59 Å². The van der Waals surface area contributed by atoms with Gasteiger partial charge in [0, 0.05) is 17.7 Å². The number of fused-ring (bicyclic) bond motifs is 1. The molecule has 2 N–H and O–H groups in total. The molecule has 2 heterocycles. The second-order valence-electron chi connectivity index (χ2n) is 6.55. The molecule has 4 rings (SSSR count). The van der Waals surface area contributed by atoms with E-state index in [4.69, 9.17) is 0 Å². The number of para-hydroxylation sites is 1. The molecule has 0 saturated heterocycles. The molecule has 0 atom stereocenters. The Morgan fingerprint density at radius 3 is 2.42 bits per heavy atom. The van der Waals surface area contributed by atoms with E-state index in [9.17, 15) is 14.4 Å². The molecule has 31 heavy (non-hydrogen) atoms. The predicted molar refractivity (Wildman–Crippen MR) is 121 cm³/mol. The zero-order valence-electron chi connectivity index (χ0n) is 16.4. The van der Waals surface area contributed by atoms with Crippen LogP contribution in [0.3, 0.4) is 0 Å². The van der Waals surface area contributed by atoms with Crippen molar-refractivity contribution >= 4 is 45.1 Å². The van der Waals surface area contributed by atoms with Crippen LogP contribution in [0.25, 0.3) is 16.5 Å². The highest BCUT2D eigenvalue weighted by atomic mass is 32.1. The summed E-state index contributed by atoms with van der Waals surface area (Å²) in [6.45, 7) is 1.36. The van der Waals surface area contributed by atoms with E-state index in [0.29, 0.717) is 16.1 Å². The van der Waals surface area contributed by atoms with E-state index in [1.165, 1.54) is 13.1 Å². The molecule has 0 unspecified atom stereocenters. The molecule has 9 heteroatoms. The maximum atomic E-state index is 13.2. The second-order valence-corrected chi connectivity index (χ2v) is 7.43. The summed E-state index contributed by atoms with van der Waals surface area (Å²) in [7, 11) is 0. The van der Waals surface area contributed by atoms with Crippen molar-refractivity contribution in [3.63, 3.8) is 0 Å². The maximum Gasteiger partial charge on any atom is 0.292 e. The van der Waals surface area contributed by atoms with E-state index >= 15 is 0 Å². The zero-order valence-corrected chi connectivity index (χ0v) is 17.2. The van der Waals surface area contributed by atoms with Gasteiger partial charge in [-0.15, -0.1) is 11.3 Å². The summed E-state index contributed by atoms with van der Waals surface area (Å²) < 4.78 is 1.15. The van der Waals surface area contributed by atoms with Crippen LogP contribution < -0.4 is 16.3 Å². The molecule has 0 aliphatic heterocycles. The SMILES string of the molecule is CC(=O)Nc1scc2c(C(=O)N/N=C/c3ccccc3)nn(-c3ccccc3)c(=O)c12. The number of carbonyl (C=O) groups is 2. The van der Waals surface area contributed by atoms with Gasteiger partial charge in [0.1, 0.15) is 5.00 Å². The number of amides is 2. The van der Waals surface area contributed by atoms with Crippen molar-refractivity contribution in [1.29, 1.82) is 0 Å². The third-order valence-electron chi connectivity index (χ3n) is 4.34. The van der Waals surface area contributed by atoms with Crippen molar-refractivity contribution in [2.75, 3.05) is 5.32 Å². The molecule has 2 aromatic heterocycles. The maximum absolute atomic E-state index is 13.2. The molecule has 0 bridgehead atoms. The molecule has 4 aromatic rings. The van der Waals surface area contributed by atoms with E-state index < -0.39 is 11.5 Å². The van der Waals surface area contributed by atoms with Crippen LogP contribution in [-0.2, 0) is 4.79 Å². The first-order valence-corrected chi connectivity index (χ1v) is 10.2. The fraction of sp³-hybridized carbons (Fsp3) is 0.0455. The van der Waals surface area contributed by atoms with Crippen LogP contribution in [0.1, 0.15) is 23.0 Å². The summed E-state index contributed by atoms with van der Waals surface area (Å²) in [5.74, 6) is -0.890. The van der Waals surface area contributed by atoms with Crippen LogP contribution in [0.2, 0.25) is 0 Å². The van der Waals surface area contributed by atoms with E-state index in [-0.39, 0.29) is 17.0 Å². The van der Waals surface area contributed by atoms with Gasteiger partial charge in [-0.05, 0) is 17.7 Å². The number of anilines is 1. The minimum absolute atomic E-state index is 0.0246. The van der Waals surface area contributed by atoms with Gasteiger partial charge < -0.3 is 5.32 Å². The van der Waals surface area contributed by atoms with Crippen LogP contribution in [-0.4, -0.2) is 27.8 Å². The standard InChI is InChI=1S/C22H17N5O3S/c1-14(28)24-21-18-17(13-31-21)19(20(29)25-23-12-15-8-4-2-5-9-15)26-27(22(18)30)16-10-6-3-7-11-16/h2-13H,1H3,(H,24,28)(H,25,29)/b23-12+. The first-order chi connectivity index (χ1) is 15.0. The lowest BCUT2D eigenvalue weighted by Gasteiger charge is -2.09. The number of hydrogen-bond donors (Lipinski definition) is 2. The summed E-state index contributed by atoms with van der Waals surface area (Å²) in [5.41, 5.74) is 3.36. The van der Waals surface area contributed by atoms with Gasteiger partial charge in [-0.3, -0.25) is 14.4 Å². The summed E-state index contributed by atoms with van der Waals surface area (Å²) in [6, 6.07) is 18.1. The molecule has 0 saturated carbocycles. The highest BCUT2D eigenvalue weighted by Crippen LogP contribution is 2.30. The Bertz CT molecular complexity index is 1340. The lowest BCUT2D eigenvalue weighted by molar-refractivity contribution is -0.114. The van der Waals surface area contributed by atoms with Crippen LogP contribution >= 0.6 is 11.3 Å². The molecule has 2 aromatic carbocycles. The predicted octanol–water partition coefficient (Wildman–Crippen LogP) is 3.17. The minimum atomic E-state index is -0.575. The third-order valence-corrected chi connectivity index (χ3v) is 5.23. The van der Waals surface area contributed by atoms with Gasteiger partial charge in [0.05, 0.1) is 17.3 Å². The molecule has 2 amide bonds. The van der Waals surface area contributed by atoms with Gasteiger partial charge in [0.15, 0.2) is 5.69 Å². The fourth-order valence-corrected chi connectivity index (χ4v) is 3.95. The van der Waals surface area contributed by atoms with Gasteiger partial charge in [0.25, 0.3) is 11.5 Å². The Morgan fingerprint density at radius 2 is 1.74 bits per heavy atom. The third kappa shape index (κ3) is 4.26. The molecule has 0 aliphatic carbocycles. The molecule has 0 aliphatic rings. The first kappa shape index (κ1) is 20.2. The first-order valence-electron chi connectivity index (χ1n) is 9.30. The van der Waals surface area contributed by atoms with Gasteiger partial charge in [-0.25, -0.2) is 5.43 Å². The lowest BCUT2D eigenvalue weighted by atomic mass is 10.2. The minimum Gasteiger partial charge on any atom is -0.317 e. The van der Waals surface area contributed by atoms with Crippen LogP contribution in [0.5, 0.6) is 0 Å². The molecular weight excluding hydrogens is 414 g/mol. The molecule has 8 nitrogen and oxygen atoms in total. The number of benzene rings is 2. The van der Waals surface area contributed by atoms with Gasteiger partial charge in [0.2, 0.25) is 5.91 Å². The van der Waals surface area contributed by atoms with Gasteiger partial charge in [-0.1, -0.05) is 48.5 Å². The van der Waals surface area contributed by atoms with E-state index in [2.05, 4.69) is 20.9 Å². The monoisotopic (exact) mass is 431 g/mol. The quantitative estimate of drug-likeness (QED) is 0.374. The lowest BCUT2D eigenvalue weighted by Crippen LogP contribution is -2.28. The number of nitrogens with zero attached hydrogens (tertiary/aromatic N) is 3. The summed E-state index contributed by atoms with van der Waals surface area (Å²) in [6.07, 6.45) is 1.51. The normalized spacial score (nSPS) is 11.0. The number of thiophene rings is 1. The summed E-state index contributed by atoms with van der Waals surface area (Å²) in [5, 5.41) is 13.5. The zero-order chi connectivity index (χ0) is 21.8. The Kier molecular flexibility index (Phi) is 5.67. The highest BCUT2D eigenvalue weighted by molar-refractivity contribution is 7.16. The van der Waals surface area contributed by atoms with Crippen LogP contribution in [0.4, 0.5) is 5.00 Å². The average Bonchev–Trinajstić information content (AvgIpc) is 3.19. The molecular formula is C22H17N5O3S. The number of aromatic nitrogens is 2. The van der Waals surface area contributed by atoms with Crippen LogP contribution in [0, 0.1) is 0 Å². The Morgan fingerprint density at radius 1 is 1.06 bits per heavy atom. The molecule has 0 fully saturated rings. The van der Waals surface area contributed by atoms with E-state index in [1.54, 1.807) is 29.6 Å². The van der Waals surface area contributed by atoms with Crippen molar-refractivity contribution in [2.45, 2.75) is 6.92 Å². The van der Waals surface area contributed by atoms with Crippen molar-refractivity contribution in [2.24, 2.45) is 5.10 Å². The number of carbonyl (C=O) groups excluding carboxylic acids is 2. The van der Waals surface area contributed by atoms with E-state index in [0.717, 1.165) is 21.6 Å². The summed E-state index contributed by atoms with van der Waals surface area (Å²) >= 11 is 1.16. The number of hydrogen-bond acceptors (Lipinski definition) is 6. The van der Waals surface area contributed by atoms with Crippen LogP contribution in [0.15, 0.2) is 75.9 Å². The number of nitrogens with one attached hydrogen (secondary N) is 2. The summed E-state index contributed by atoms with van der Waals surface area (Å²) in [4.78, 5) is 37.6. The smallest absolute Gasteiger partial charge is 0.292 e. The van der Waals surface area contributed by atoms with Crippen molar-refractivity contribution in [1.82, 2.24) is 15.2 Å². The average molecular weight is 431 g/mol. The Balaban J connectivity index is 1.80. The molecule has 154 valence electrons. The Labute approximate surface area is 180 Å². The highest BCUT2D eigenvalue weighted by Gasteiger charge is 2.21. The second kappa shape index (κ2) is 8.72. The van der Waals surface area contributed by atoms with Gasteiger partial charge >= 0.3 is 0 Å². The Hall–Kier alpha value is -4.11. The van der Waals surface area contributed by atoms with E-state index in [1.807, 2.05) is 36.4 Å². The van der Waals surface area contributed by atoms with Crippen molar-refractivity contribution in [3.8, 4) is 5.69 Å². The number of hydrazone groups is 1. The largest absolute Gasteiger partial charge is 0.317 e. The molecule has 0 spiro atoms. The molecule has 0 radical (unpaired) electrons. The fourth-order valence-electron chi connectivity index (χ4n) is 2.97. The topological polar surface area (TPSA) is 105 Å². The van der Waals surface area contributed by atoms with Crippen molar-refractivity contribution in [3.05, 3.63) is 87.7 Å². The van der Waals surface area contributed by atoms with Gasteiger partial charge in [-0.2, -0.15) is 14.9 Å². The number of rotatable bonds is 5.